The topological polar surface area (TPSA) is 56.8 Å². The summed E-state index contributed by atoms with van der Waals surface area (Å²) in [6.07, 6.45) is 1.60. The lowest BCUT2D eigenvalue weighted by Crippen LogP contribution is -2.32. The van der Waals surface area contributed by atoms with Crippen molar-refractivity contribution in [2.24, 2.45) is 0 Å². The van der Waals surface area contributed by atoms with Crippen LogP contribution < -0.4 is 19.5 Å². The summed E-state index contributed by atoms with van der Waals surface area (Å²) in [5.74, 6) is 2.05. The maximum absolute atomic E-state index is 12.6. The van der Waals surface area contributed by atoms with Gasteiger partial charge < -0.3 is 19.5 Å². The van der Waals surface area contributed by atoms with Gasteiger partial charge >= 0.3 is 0 Å². The second-order valence-electron chi connectivity index (χ2n) is 5.91. The third kappa shape index (κ3) is 2.89. The van der Waals surface area contributed by atoms with Crippen molar-refractivity contribution in [2.75, 3.05) is 19.8 Å². The van der Waals surface area contributed by atoms with E-state index in [1.807, 2.05) is 24.3 Å². The molecule has 0 bridgehead atoms. The fourth-order valence-electron chi connectivity index (χ4n) is 3.04. The van der Waals surface area contributed by atoms with Gasteiger partial charge in [-0.05, 0) is 24.3 Å². The number of para-hydroxylation sites is 1. The van der Waals surface area contributed by atoms with Crippen LogP contribution in [0.2, 0.25) is 0 Å². The van der Waals surface area contributed by atoms with Crippen LogP contribution in [-0.4, -0.2) is 25.7 Å². The molecule has 2 aliphatic rings. The molecule has 0 radical (unpaired) electrons. The minimum absolute atomic E-state index is 0.0431. The van der Waals surface area contributed by atoms with Crippen molar-refractivity contribution >= 4 is 5.91 Å². The highest BCUT2D eigenvalue weighted by atomic mass is 16.5. The van der Waals surface area contributed by atoms with Crippen molar-refractivity contribution in [3.05, 3.63) is 53.6 Å². The van der Waals surface area contributed by atoms with Crippen LogP contribution in [0.15, 0.2) is 42.5 Å². The van der Waals surface area contributed by atoms with Crippen LogP contribution in [0.25, 0.3) is 0 Å². The van der Waals surface area contributed by atoms with E-state index in [0.29, 0.717) is 36.9 Å². The van der Waals surface area contributed by atoms with Crippen LogP contribution in [-0.2, 0) is 0 Å². The zero-order valence-corrected chi connectivity index (χ0v) is 13.3. The Kier molecular flexibility index (Phi) is 3.99. The number of benzene rings is 2. The number of rotatable bonds is 2. The van der Waals surface area contributed by atoms with Crippen LogP contribution in [0.1, 0.15) is 34.8 Å². The highest BCUT2D eigenvalue weighted by Gasteiger charge is 2.23. The fraction of sp³-hybridized carbons (Fsp3) is 0.316. The molecule has 0 spiro atoms. The van der Waals surface area contributed by atoms with Crippen LogP contribution >= 0.6 is 0 Å². The highest BCUT2D eigenvalue weighted by Crippen LogP contribution is 2.33. The number of carbonyl (C=O) groups excluding carboxylic acids is 1. The van der Waals surface area contributed by atoms with Crippen molar-refractivity contribution in [1.29, 1.82) is 0 Å². The third-order valence-electron chi connectivity index (χ3n) is 4.27. The van der Waals surface area contributed by atoms with Crippen molar-refractivity contribution in [3.63, 3.8) is 0 Å². The zero-order valence-electron chi connectivity index (χ0n) is 13.3. The number of ether oxygens (including phenoxy) is 3. The summed E-state index contributed by atoms with van der Waals surface area (Å²) in [5, 5.41) is 3.10. The number of carbonyl (C=O) groups is 1. The molecule has 0 fully saturated rings. The highest BCUT2D eigenvalue weighted by molar-refractivity contribution is 5.95. The second-order valence-corrected chi connectivity index (χ2v) is 5.91. The first-order valence-electron chi connectivity index (χ1n) is 8.23. The number of amides is 1. The molecule has 0 saturated carbocycles. The number of hydrogen-bond donors (Lipinski definition) is 1. The van der Waals surface area contributed by atoms with Crippen LogP contribution in [0.3, 0.4) is 0 Å². The quantitative estimate of drug-likeness (QED) is 0.922. The van der Waals surface area contributed by atoms with Gasteiger partial charge in [0, 0.05) is 24.0 Å². The smallest absolute Gasteiger partial charge is 0.251 e. The summed E-state index contributed by atoms with van der Waals surface area (Å²) in [6, 6.07) is 13.1. The summed E-state index contributed by atoms with van der Waals surface area (Å²) >= 11 is 0. The molecule has 0 saturated heterocycles. The first kappa shape index (κ1) is 14.9. The zero-order chi connectivity index (χ0) is 16.4. The van der Waals surface area contributed by atoms with E-state index in [1.165, 1.54) is 0 Å². The van der Waals surface area contributed by atoms with Gasteiger partial charge in [-0.2, -0.15) is 0 Å². The van der Waals surface area contributed by atoms with E-state index in [9.17, 15) is 4.79 Å². The number of nitrogens with one attached hydrogen (secondary N) is 1. The van der Waals surface area contributed by atoms with Gasteiger partial charge in [0.05, 0.1) is 25.9 Å². The van der Waals surface area contributed by atoms with E-state index in [0.717, 1.165) is 24.2 Å². The van der Waals surface area contributed by atoms with Gasteiger partial charge in [-0.3, -0.25) is 4.79 Å². The maximum atomic E-state index is 12.6. The van der Waals surface area contributed by atoms with Crippen LogP contribution in [0, 0.1) is 0 Å². The van der Waals surface area contributed by atoms with Gasteiger partial charge in [-0.15, -0.1) is 0 Å². The Hall–Kier alpha value is -2.69. The van der Waals surface area contributed by atoms with Gasteiger partial charge in [0.2, 0.25) is 0 Å². The first-order valence-corrected chi connectivity index (χ1v) is 8.23. The lowest BCUT2D eigenvalue weighted by atomic mass is 10.00. The molecule has 1 N–H and O–H groups in total. The summed E-state index contributed by atoms with van der Waals surface area (Å²) in [6.45, 7) is 1.84. The predicted octanol–water partition coefficient (Wildman–Crippen LogP) is 3.10. The van der Waals surface area contributed by atoms with Crippen molar-refractivity contribution in [2.45, 2.75) is 18.9 Å². The standard InChI is InChI=1S/C19H19NO4/c21-19(13-6-7-17-18(12-13)23-10-3-9-22-17)20-15-8-11-24-16-5-2-1-4-14(15)16/h1-2,4-7,12,15H,3,8-11H2,(H,20,21). The van der Waals surface area contributed by atoms with Crippen LogP contribution in [0.5, 0.6) is 17.2 Å². The summed E-state index contributed by atoms with van der Waals surface area (Å²) < 4.78 is 16.9. The van der Waals surface area contributed by atoms with Gasteiger partial charge in [0.25, 0.3) is 5.91 Å². The van der Waals surface area contributed by atoms with E-state index >= 15 is 0 Å². The molecule has 1 unspecified atom stereocenters. The van der Waals surface area contributed by atoms with E-state index in [-0.39, 0.29) is 11.9 Å². The largest absolute Gasteiger partial charge is 0.493 e. The maximum Gasteiger partial charge on any atom is 0.251 e. The van der Waals surface area contributed by atoms with Gasteiger partial charge in [-0.1, -0.05) is 18.2 Å². The minimum atomic E-state index is -0.118. The third-order valence-corrected chi connectivity index (χ3v) is 4.27. The molecule has 1 atom stereocenters. The molecule has 5 nitrogen and oxygen atoms in total. The lowest BCUT2D eigenvalue weighted by Gasteiger charge is -2.26. The van der Waals surface area contributed by atoms with Crippen molar-refractivity contribution in [3.8, 4) is 17.2 Å². The molecule has 4 rings (SSSR count). The number of hydrogen-bond acceptors (Lipinski definition) is 4. The van der Waals surface area contributed by atoms with Gasteiger partial charge in [0.15, 0.2) is 11.5 Å². The van der Waals surface area contributed by atoms with E-state index in [2.05, 4.69) is 5.32 Å². The molecule has 1 amide bonds. The molecular weight excluding hydrogens is 306 g/mol. The monoisotopic (exact) mass is 325 g/mol. The van der Waals surface area contributed by atoms with E-state index < -0.39 is 0 Å². The molecule has 5 heteroatoms. The SMILES string of the molecule is O=C(NC1CCOc2ccccc21)c1ccc2c(c1)OCCCO2. The molecule has 2 heterocycles. The molecule has 2 aromatic rings. The van der Waals surface area contributed by atoms with E-state index in [4.69, 9.17) is 14.2 Å². The molecule has 24 heavy (non-hydrogen) atoms. The Morgan fingerprint density at radius 1 is 0.917 bits per heavy atom. The normalized spacial score (nSPS) is 18.8. The lowest BCUT2D eigenvalue weighted by molar-refractivity contribution is 0.0924. The van der Waals surface area contributed by atoms with Gasteiger partial charge in [-0.25, -0.2) is 0 Å². The Labute approximate surface area is 140 Å². The second kappa shape index (κ2) is 6.43. The fourth-order valence-corrected chi connectivity index (χ4v) is 3.04. The van der Waals surface area contributed by atoms with Crippen molar-refractivity contribution in [1.82, 2.24) is 5.32 Å². The average Bonchev–Trinajstić information content (AvgIpc) is 2.86. The van der Waals surface area contributed by atoms with Crippen LogP contribution in [0.4, 0.5) is 0 Å². The summed E-state index contributed by atoms with van der Waals surface area (Å²) in [7, 11) is 0. The molecule has 2 aromatic carbocycles. The van der Waals surface area contributed by atoms with Gasteiger partial charge in [0.1, 0.15) is 5.75 Å². The Balaban J connectivity index is 1.54. The summed E-state index contributed by atoms with van der Waals surface area (Å²) in [4.78, 5) is 12.6. The molecule has 2 aliphatic heterocycles. The molecule has 0 aromatic heterocycles. The minimum Gasteiger partial charge on any atom is -0.493 e. The Morgan fingerprint density at radius 2 is 1.71 bits per heavy atom. The first-order chi connectivity index (χ1) is 11.8. The Morgan fingerprint density at radius 3 is 2.62 bits per heavy atom. The molecular formula is C19H19NO4. The average molecular weight is 325 g/mol. The molecule has 0 aliphatic carbocycles. The summed E-state index contributed by atoms with van der Waals surface area (Å²) in [5.41, 5.74) is 1.59. The van der Waals surface area contributed by atoms with Crippen molar-refractivity contribution < 1.29 is 19.0 Å². The Bertz CT molecular complexity index is 759. The van der Waals surface area contributed by atoms with E-state index in [1.54, 1.807) is 18.2 Å². The number of fused-ring (bicyclic) bond motifs is 2. The molecule has 124 valence electrons. The predicted molar refractivity (Wildman–Crippen MR) is 88.8 cm³/mol.